The Balaban J connectivity index is 1.31. The topological polar surface area (TPSA) is 33.7 Å². The van der Waals surface area contributed by atoms with Crippen molar-refractivity contribution in [3.8, 4) is 0 Å². The Kier molecular flexibility index (Phi) is 4.64. The maximum atomic E-state index is 14.3. The van der Waals surface area contributed by atoms with Crippen molar-refractivity contribution in [3.05, 3.63) is 47.0 Å². The zero-order chi connectivity index (χ0) is 20.3. The number of nitrogens with zero attached hydrogens (tertiary/aromatic N) is 1. The lowest BCUT2D eigenvalue weighted by atomic mass is 9.88. The van der Waals surface area contributed by atoms with Gasteiger partial charge in [-0.1, -0.05) is 6.08 Å². The Morgan fingerprint density at radius 3 is 2.72 bits per heavy atom. The lowest BCUT2D eigenvalue weighted by Gasteiger charge is -2.39. The lowest BCUT2D eigenvalue weighted by Crippen LogP contribution is -2.45. The Morgan fingerprint density at radius 2 is 1.97 bits per heavy atom. The van der Waals surface area contributed by atoms with E-state index >= 15 is 0 Å². The molecule has 158 valence electrons. The number of hydrogen-bond acceptors (Lipinski definition) is 4. The number of nitrogens with one attached hydrogen (secondary N) is 1. The summed E-state index contributed by atoms with van der Waals surface area (Å²) in [5, 5.41) is 3.43. The van der Waals surface area contributed by atoms with Crippen LogP contribution in [-0.2, 0) is 9.47 Å². The fourth-order valence-electron chi connectivity index (χ4n) is 5.31. The fourth-order valence-corrected chi connectivity index (χ4v) is 5.31. The van der Waals surface area contributed by atoms with Crippen LogP contribution < -0.4 is 5.32 Å². The number of rotatable bonds is 2. The maximum absolute atomic E-state index is 14.3. The summed E-state index contributed by atoms with van der Waals surface area (Å²) >= 11 is 0. The van der Waals surface area contributed by atoms with E-state index in [4.69, 9.17) is 4.74 Å². The molecule has 3 fully saturated rings. The van der Waals surface area contributed by atoms with Crippen LogP contribution in [0.2, 0.25) is 0 Å². The van der Waals surface area contributed by atoms with Crippen molar-refractivity contribution in [2.75, 3.05) is 13.1 Å². The molecular weight excluding hydrogens is 388 g/mol. The normalized spacial score (nSPS) is 41.2. The van der Waals surface area contributed by atoms with Crippen LogP contribution in [0.15, 0.2) is 47.0 Å². The van der Waals surface area contributed by atoms with Gasteiger partial charge < -0.3 is 10.2 Å². The second-order valence-electron chi connectivity index (χ2n) is 8.49. The predicted octanol–water partition coefficient (Wildman–Crippen LogP) is 3.74. The number of hydrogen-bond donors (Lipinski definition) is 1. The quantitative estimate of drug-likeness (QED) is 0.701. The van der Waals surface area contributed by atoms with Crippen molar-refractivity contribution in [3.63, 3.8) is 0 Å². The highest BCUT2D eigenvalue weighted by Crippen LogP contribution is 2.40. The molecule has 0 aromatic carbocycles. The zero-order valence-electron chi connectivity index (χ0n) is 16.1. The lowest BCUT2D eigenvalue weighted by molar-refractivity contribution is -0.347. The van der Waals surface area contributed by atoms with Crippen LogP contribution >= 0.6 is 0 Å². The van der Waals surface area contributed by atoms with Gasteiger partial charge in [0.1, 0.15) is 24.2 Å². The van der Waals surface area contributed by atoms with Crippen molar-refractivity contribution in [2.24, 2.45) is 5.92 Å². The molecule has 1 N–H and O–H groups in total. The smallest absolute Gasteiger partial charge is 0.371 e. The van der Waals surface area contributed by atoms with Crippen LogP contribution in [0.5, 0.6) is 0 Å². The van der Waals surface area contributed by atoms with Gasteiger partial charge >= 0.3 is 6.29 Å². The highest BCUT2D eigenvalue weighted by molar-refractivity contribution is 5.37. The molecule has 0 aromatic heterocycles. The largest absolute Gasteiger partial charge is 0.486 e. The molecule has 8 heteroatoms. The van der Waals surface area contributed by atoms with Gasteiger partial charge in [0.05, 0.1) is 0 Å². The molecule has 6 atom stereocenters. The van der Waals surface area contributed by atoms with Gasteiger partial charge in [0.2, 0.25) is 0 Å². The van der Waals surface area contributed by atoms with Gasteiger partial charge in [-0.3, -0.25) is 9.47 Å². The molecule has 0 radical (unpaired) electrons. The molecule has 3 aliphatic heterocycles. The number of likely N-dealkylation sites (tertiary alicyclic amines) is 1. The number of halogens is 4. The molecule has 0 saturated carbocycles. The van der Waals surface area contributed by atoms with E-state index < -0.39 is 30.5 Å². The second-order valence-corrected chi connectivity index (χ2v) is 8.49. The molecular formula is C21H24F4N2O2. The van der Waals surface area contributed by atoms with Crippen molar-refractivity contribution in [1.29, 1.82) is 0 Å². The van der Waals surface area contributed by atoms with Crippen molar-refractivity contribution >= 4 is 0 Å². The predicted molar refractivity (Wildman–Crippen MR) is 98.3 cm³/mol. The molecule has 4 nitrogen and oxygen atoms in total. The maximum Gasteiger partial charge on any atom is 0.486 e. The monoisotopic (exact) mass is 412 g/mol. The van der Waals surface area contributed by atoms with Crippen molar-refractivity contribution in [2.45, 2.75) is 62.9 Å². The summed E-state index contributed by atoms with van der Waals surface area (Å²) in [5.41, 5.74) is 2.00. The fraction of sp³-hybridized carbons (Fsp3) is 0.619. The molecule has 5 rings (SSSR count). The van der Waals surface area contributed by atoms with E-state index in [1.807, 2.05) is 6.92 Å². The average Bonchev–Trinajstić information content (AvgIpc) is 3.18. The minimum atomic E-state index is -3.57. The summed E-state index contributed by atoms with van der Waals surface area (Å²) in [7, 11) is 0. The summed E-state index contributed by atoms with van der Waals surface area (Å²) in [6.07, 6.45) is 1.57. The van der Waals surface area contributed by atoms with Crippen molar-refractivity contribution in [1.82, 2.24) is 10.2 Å². The third-order valence-electron chi connectivity index (χ3n) is 6.63. The van der Waals surface area contributed by atoms with E-state index in [1.54, 1.807) is 12.2 Å². The second kappa shape index (κ2) is 6.96. The third kappa shape index (κ3) is 3.45. The van der Waals surface area contributed by atoms with Gasteiger partial charge in [-0.25, -0.2) is 8.78 Å². The van der Waals surface area contributed by atoms with Gasteiger partial charge in [-0.05, 0) is 49.5 Å². The van der Waals surface area contributed by atoms with Gasteiger partial charge in [0.15, 0.2) is 0 Å². The van der Waals surface area contributed by atoms with Crippen molar-refractivity contribution < 1.29 is 27.0 Å². The molecule has 2 aliphatic carbocycles. The minimum Gasteiger partial charge on any atom is -0.371 e. The Morgan fingerprint density at radius 1 is 1.21 bits per heavy atom. The van der Waals surface area contributed by atoms with Crippen LogP contribution in [0.25, 0.3) is 0 Å². The summed E-state index contributed by atoms with van der Waals surface area (Å²) in [4.78, 5) is 2.17. The molecule has 3 saturated heterocycles. The molecule has 29 heavy (non-hydrogen) atoms. The first-order chi connectivity index (χ1) is 13.8. The highest BCUT2D eigenvalue weighted by Gasteiger charge is 2.50. The Labute approximate surface area is 166 Å². The molecule has 0 amide bonds. The summed E-state index contributed by atoms with van der Waals surface area (Å²) in [6, 6.07) is -0.0946. The highest BCUT2D eigenvalue weighted by atomic mass is 19.3. The zero-order valence-corrected chi connectivity index (χ0v) is 16.1. The van der Waals surface area contributed by atoms with Gasteiger partial charge in [-0.15, -0.1) is 8.78 Å². The van der Waals surface area contributed by atoms with Crippen LogP contribution in [-0.4, -0.2) is 54.7 Å². The van der Waals surface area contributed by atoms with E-state index in [-0.39, 0.29) is 30.0 Å². The minimum absolute atomic E-state index is 0.200. The van der Waals surface area contributed by atoms with E-state index in [1.165, 1.54) is 12.2 Å². The SMILES string of the molecule is CC1=CC2OC(F)(F)OC2C=C1N1CCC2NC(C3=C(F)C=CCC3F)CC2C1. The summed E-state index contributed by atoms with van der Waals surface area (Å²) < 4.78 is 64.7. The Hall–Kier alpha value is -1.64. The molecule has 0 bridgehead atoms. The number of allylic oxidation sites excluding steroid dienone is 4. The van der Waals surface area contributed by atoms with E-state index in [0.717, 1.165) is 24.2 Å². The third-order valence-corrected chi connectivity index (χ3v) is 6.63. The van der Waals surface area contributed by atoms with Crippen LogP contribution in [0.1, 0.15) is 26.2 Å². The first-order valence-corrected chi connectivity index (χ1v) is 10.2. The first-order valence-electron chi connectivity index (χ1n) is 10.2. The Bertz CT molecular complexity index is 821. The molecule has 5 aliphatic rings. The number of piperidine rings is 1. The molecule has 3 heterocycles. The standard InChI is InChI=1S/C21H24F4N2O2/c1-11-7-18-19(29-21(24,25)28-18)9-17(11)27-6-5-15-12(10-27)8-16(26-15)20-13(22)3-2-4-14(20)23/h2-3,7,9,12,14-16,18-19,26H,4-6,8,10H2,1H3. The van der Waals surface area contributed by atoms with Gasteiger partial charge in [0.25, 0.3) is 0 Å². The molecule has 0 spiro atoms. The van der Waals surface area contributed by atoms with Gasteiger partial charge in [-0.2, -0.15) is 0 Å². The summed E-state index contributed by atoms with van der Waals surface area (Å²) in [5.74, 6) is -0.225. The van der Waals surface area contributed by atoms with E-state index in [0.29, 0.717) is 13.0 Å². The van der Waals surface area contributed by atoms with Crippen LogP contribution in [0.4, 0.5) is 17.6 Å². The summed E-state index contributed by atoms with van der Waals surface area (Å²) in [6.45, 7) is 3.33. The van der Waals surface area contributed by atoms with Gasteiger partial charge in [0, 0.05) is 42.9 Å². The number of alkyl halides is 3. The average molecular weight is 412 g/mol. The number of fused-ring (bicyclic) bond motifs is 2. The molecule has 6 unspecified atom stereocenters. The van der Waals surface area contributed by atoms with Crippen LogP contribution in [0.3, 0.4) is 0 Å². The first kappa shape index (κ1) is 19.3. The molecule has 0 aromatic rings. The van der Waals surface area contributed by atoms with E-state index in [9.17, 15) is 17.6 Å². The van der Waals surface area contributed by atoms with E-state index in [2.05, 4.69) is 15.0 Å². The number of ether oxygens (including phenoxy) is 2. The van der Waals surface area contributed by atoms with Crippen LogP contribution in [0, 0.1) is 5.92 Å².